The first-order chi connectivity index (χ1) is 7.13. The van der Waals surface area contributed by atoms with Crippen LogP contribution in [-0.2, 0) is 6.54 Å². The van der Waals surface area contributed by atoms with E-state index in [1.165, 1.54) is 6.07 Å². The number of halogens is 2. The Labute approximate surface area is 93.3 Å². The molecular formula is C11H15F2NS. The van der Waals surface area contributed by atoms with E-state index in [0.29, 0.717) is 17.4 Å². The summed E-state index contributed by atoms with van der Waals surface area (Å²) in [6, 6.07) is 3.51. The van der Waals surface area contributed by atoms with Crippen LogP contribution in [0.4, 0.5) is 8.78 Å². The van der Waals surface area contributed by atoms with Gasteiger partial charge in [-0.2, -0.15) is 11.8 Å². The highest BCUT2D eigenvalue weighted by molar-refractivity contribution is 7.99. The van der Waals surface area contributed by atoms with Gasteiger partial charge in [0.25, 0.3) is 0 Å². The van der Waals surface area contributed by atoms with E-state index in [-0.39, 0.29) is 5.82 Å². The fraction of sp³-hybridized carbons (Fsp3) is 0.455. The fourth-order valence-electron chi connectivity index (χ4n) is 1.17. The molecular weight excluding hydrogens is 216 g/mol. The Hall–Kier alpha value is -0.610. The molecule has 0 saturated heterocycles. The van der Waals surface area contributed by atoms with Gasteiger partial charge in [-0.25, -0.2) is 8.78 Å². The van der Waals surface area contributed by atoms with Crippen LogP contribution in [0.25, 0.3) is 0 Å². The summed E-state index contributed by atoms with van der Waals surface area (Å²) < 4.78 is 26.0. The molecule has 1 aromatic rings. The molecule has 0 aliphatic carbocycles. The Bertz CT molecular complexity index is 317. The maximum atomic E-state index is 13.2. The topological polar surface area (TPSA) is 12.0 Å². The molecule has 1 atom stereocenters. The van der Waals surface area contributed by atoms with Gasteiger partial charge in [-0.1, -0.05) is 6.92 Å². The Morgan fingerprint density at radius 2 is 2.13 bits per heavy atom. The molecule has 4 heteroatoms. The summed E-state index contributed by atoms with van der Waals surface area (Å²) in [5.41, 5.74) is 0.378. The second kappa shape index (κ2) is 6.08. The van der Waals surface area contributed by atoms with Crippen molar-refractivity contribution in [2.45, 2.75) is 18.7 Å². The second-order valence-corrected chi connectivity index (χ2v) is 4.69. The van der Waals surface area contributed by atoms with Crippen LogP contribution in [0.3, 0.4) is 0 Å². The summed E-state index contributed by atoms with van der Waals surface area (Å²) in [6.45, 7) is 3.24. The van der Waals surface area contributed by atoms with Crippen molar-refractivity contribution in [3.8, 4) is 0 Å². The summed E-state index contributed by atoms with van der Waals surface area (Å²) in [4.78, 5) is 0. The highest BCUT2D eigenvalue weighted by Gasteiger charge is 2.04. The molecule has 0 spiro atoms. The first kappa shape index (κ1) is 12.5. The first-order valence-electron chi connectivity index (χ1n) is 4.81. The average Bonchev–Trinajstić information content (AvgIpc) is 2.23. The lowest BCUT2D eigenvalue weighted by Crippen LogP contribution is -2.22. The van der Waals surface area contributed by atoms with Crippen LogP contribution in [0.15, 0.2) is 18.2 Å². The molecule has 0 fully saturated rings. The molecule has 0 heterocycles. The van der Waals surface area contributed by atoms with Crippen molar-refractivity contribution in [1.29, 1.82) is 0 Å². The van der Waals surface area contributed by atoms with Crippen molar-refractivity contribution in [3.63, 3.8) is 0 Å². The molecule has 15 heavy (non-hydrogen) atoms. The standard InChI is InChI=1S/C11H15F2NS/c1-8(15-2)6-14-7-9-5-10(12)3-4-11(9)13/h3-5,8,14H,6-7H2,1-2H3. The van der Waals surface area contributed by atoms with Crippen molar-refractivity contribution in [3.05, 3.63) is 35.4 Å². The maximum absolute atomic E-state index is 13.2. The Morgan fingerprint density at radius 1 is 1.40 bits per heavy atom. The third-order valence-electron chi connectivity index (χ3n) is 2.16. The van der Waals surface area contributed by atoms with Crippen LogP contribution in [0.2, 0.25) is 0 Å². The van der Waals surface area contributed by atoms with Gasteiger partial charge >= 0.3 is 0 Å². The van der Waals surface area contributed by atoms with Crippen LogP contribution in [0.1, 0.15) is 12.5 Å². The molecule has 0 aliphatic heterocycles. The van der Waals surface area contributed by atoms with Crippen LogP contribution in [0.5, 0.6) is 0 Å². The summed E-state index contributed by atoms with van der Waals surface area (Å²) in [6.07, 6.45) is 2.02. The largest absolute Gasteiger partial charge is 0.311 e. The summed E-state index contributed by atoms with van der Waals surface area (Å²) >= 11 is 1.74. The van der Waals surface area contributed by atoms with E-state index in [1.807, 2.05) is 6.26 Å². The maximum Gasteiger partial charge on any atom is 0.127 e. The number of thioether (sulfide) groups is 1. The number of nitrogens with one attached hydrogen (secondary N) is 1. The average molecular weight is 231 g/mol. The van der Waals surface area contributed by atoms with E-state index in [1.54, 1.807) is 11.8 Å². The van der Waals surface area contributed by atoms with Gasteiger partial charge in [-0.05, 0) is 24.5 Å². The lowest BCUT2D eigenvalue weighted by Gasteiger charge is -2.10. The predicted octanol–water partition coefficient (Wildman–Crippen LogP) is 2.81. The van der Waals surface area contributed by atoms with Crippen LogP contribution in [0, 0.1) is 11.6 Å². The van der Waals surface area contributed by atoms with E-state index in [0.717, 1.165) is 18.7 Å². The van der Waals surface area contributed by atoms with Crippen molar-refractivity contribution < 1.29 is 8.78 Å². The number of rotatable bonds is 5. The molecule has 0 saturated carbocycles. The molecule has 1 nitrogen and oxygen atoms in total. The third kappa shape index (κ3) is 4.18. The Morgan fingerprint density at radius 3 is 2.80 bits per heavy atom. The summed E-state index contributed by atoms with van der Waals surface area (Å²) in [7, 11) is 0. The van der Waals surface area contributed by atoms with Gasteiger partial charge in [0, 0.05) is 23.9 Å². The van der Waals surface area contributed by atoms with E-state index < -0.39 is 5.82 Å². The molecule has 0 bridgehead atoms. The van der Waals surface area contributed by atoms with Gasteiger partial charge in [0.15, 0.2) is 0 Å². The van der Waals surface area contributed by atoms with E-state index in [9.17, 15) is 8.78 Å². The van der Waals surface area contributed by atoms with E-state index in [2.05, 4.69) is 12.2 Å². The van der Waals surface area contributed by atoms with Crippen LogP contribution >= 0.6 is 11.8 Å². The number of hydrogen-bond donors (Lipinski definition) is 1. The number of benzene rings is 1. The zero-order valence-corrected chi connectivity index (χ0v) is 9.70. The number of hydrogen-bond acceptors (Lipinski definition) is 2. The van der Waals surface area contributed by atoms with Gasteiger partial charge in [-0.15, -0.1) is 0 Å². The second-order valence-electron chi connectivity index (χ2n) is 3.41. The van der Waals surface area contributed by atoms with Gasteiger partial charge in [0.05, 0.1) is 0 Å². The minimum absolute atomic E-state index is 0.360. The van der Waals surface area contributed by atoms with E-state index >= 15 is 0 Å². The van der Waals surface area contributed by atoms with Crippen molar-refractivity contribution in [1.82, 2.24) is 5.32 Å². The highest BCUT2D eigenvalue weighted by atomic mass is 32.2. The summed E-state index contributed by atoms with van der Waals surface area (Å²) in [5.74, 6) is -0.758. The smallest absolute Gasteiger partial charge is 0.127 e. The third-order valence-corrected chi connectivity index (χ3v) is 3.13. The van der Waals surface area contributed by atoms with Crippen molar-refractivity contribution in [2.75, 3.05) is 12.8 Å². The van der Waals surface area contributed by atoms with Gasteiger partial charge in [0.2, 0.25) is 0 Å². The minimum Gasteiger partial charge on any atom is -0.311 e. The zero-order chi connectivity index (χ0) is 11.3. The molecule has 1 N–H and O–H groups in total. The quantitative estimate of drug-likeness (QED) is 0.836. The molecule has 1 unspecified atom stereocenters. The lowest BCUT2D eigenvalue weighted by molar-refractivity contribution is 0.569. The monoisotopic (exact) mass is 231 g/mol. The molecule has 0 radical (unpaired) electrons. The SMILES string of the molecule is CSC(C)CNCc1cc(F)ccc1F. The molecule has 0 amide bonds. The van der Waals surface area contributed by atoms with Crippen molar-refractivity contribution in [2.24, 2.45) is 0 Å². The van der Waals surface area contributed by atoms with Crippen LogP contribution < -0.4 is 5.32 Å². The van der Waals surface area contributed by atoms with Crippen LogP contribution in [-0.4, -0.2) is 18.1 Å². The normalized spacial score (nSPS) is 12.8. The fourth-order valence-corrected chi connectivity index (χ4v) is 1.46. The molecule has 84 valence electrons. The molecule has 1 aromatic carbocycles. The predicted molar refractivity (Wildman–Crippen MR) is 61.0 cm³/mol. The Kier molecular flexibility index (Phi) is 5.05. The molecule has 0 aliphatic rings. The van der Waals surface area contributed by atoms with Crippen molar-refractivity contribution >= 4 is 11.8 Å². The first-order valence-corrected chi connectivity index (χ1v) is 6.09. The van der Waals surface area contributed by atoms with Gasteiger partial charge < -0.3 is 5.32 Å². The lowest BCUT2D eigenvalue weighted by atomic mass is 10.2. The minimum atomic E-state index is -0.397. The highest BCUT2D eigenvalue weighted by Crippen LogP contribution is 2.09. The zero-order valence-electron chi connectivity index (χ0n) is 8.89. The molecule has 0 aromatic heterocycles. The molecule has 1 rings (SSSR count). The van der Waals surface area contributed by atoms with Gasteiger partial charge in [-0.3, -0.25) is 0 Å². The Balaban J connectivity index is 2.46. The summed E-state index contributed by atoms with van der Waals surface area (Å²) in [5, 5.41) is 3.57. The van der Waals surface area contributed by atoms with E-state index in [4.69, 9.17) is 0 Å². The van der Waals surface area contributed by atoms with Gasteiger partial charge in [0.1, 0.15) is 11.6 Å².